The van der Waals surface area contributed by atoms with E-state index in [1.165, 1.54) is 5.57 Å². The number of hydrogen-bond acceptors (Lipinski definition) is 6. The van der Waals surface area contributed by atoms with Gasteiger partial charge in [0.2, 0.25) is 0 Å². The van der Waals surface area contributed by atoms with Crippen molar-refractivity contribution < 1.29 is 29.7 Å². The molecule has 0 saturated heterocycles. The molecule has 0 spiro atoms. The van der Waals surface area contributed by atoms with Crippen LogP contribution in [0.1, 0.15) is 77.7 Å². The first-order chi connectivity index (χ1) is 19.9. The van der Waals surface area contributed by atoms with Crippen molar-refractivity contribution in [2.45, 2.75) is 90.2 Å². The van der Waals surface area contributed by atoms with Crippen LogP contribution in [0.5, 0.6) is 5.75 Å². The van der Waals surface area contributed by atoms with Crippen molar-refractivity contribution in [2.75, 3.05) is 6.61 Å². The zero-order chi connectivity index (χ0) is 29.9. The molecule has 4 aliphatic carbocycles. The number of carboxylic acids is 1. The number of phenolic OH excluding ortho intramolecular Hbond substituents is 1. The number of rotatable bonds is 7. The normalized spacial score (nSPS) is 35.6. The Morgan fingerprint density at radius 2 is 1.90 bits per heavy atom. The number of aliphatic hydroxyl groups is 1. The Hall–Kier alpha value is -3.33. The number of aromatic hydroxyl groups is 1. The fourth-order valence-electron chi connectivity index (χ4n) is 9.05. The van der Waals surface area contributed by atoms with E-state index in [1.54, 1.807) is 24.4 Å². The second kappa shape index (κ2) is 10.4. The summed E-state index contributed by atoms with van der Waals surface area (Å²) in [4.78, 5) is 33.0. The molecular weight excluding hydrogens is 534 g/mol. The third-order valence-electron chi connectivity index (χ3n) is 11.7. The molecule has 1 aromatic heterocycles. The number of nitrogens with zero attached hydrogens (tertiary/aromatic N) is 1. The smallest absolute Gasteiger partial charge is 0.326 e. The van der Waals surface area contributed by atoms with Gasteiger partial charge in [-0.3, -0.25) is 4.79 Å². The predicted molar refractivity (Wildman–Crippen MR) is 159 cm³/mol. The topological polar surface area (TPSA) is 144 Å². The van der Waals surface area contributed by atoms with Gasteiger partial charge >= 0.3 is 5.97 Å². The Bertz CT molecular complexity index is 1460. The van der Waals surface area contributed by atoms with E-state index in [-0.39, 0.29) is 29.6 Å². The predicted octanol–water partition coefficient (Wildman–Crippen LogP) is 5.07. The van der Waals surface area contributed by atoms with Crippen molar-refractivity contribution in [3.8, 4) is 5.75 Å². The number of H-pyrrole nitrogens is 1. The number of aromatic nitrogens is 1. The van der Waals surface area contributed by atoms with Crippen LogP contribution in [0.25, 0.3) is 10.9 Å². The first-order valence-electron chi connectivity index (χ1n) is 15.3. The number of amides is 1. The number of fused-ring (bicyclic) bond motifs is 6. The van der Waals surface area contributed by atoms with Gasteiger partial charge in [0, 0.05) is 23.5 Å². The maximum atomic E-state index is 12.6. The van der Waals surface area contributed by atoms with E-state index in [9.17, 15) is 24.9 Å². The summed E-state index contributed by atoms with van der Waals surface area (Å²) in [6.07, 6.45) is 12.1. The van der Waals surface area contributed by atoms with E-state index in [4.69, 9.17) is 4.84 Å². The lowest BCUT2D eigenvalue weighted by Crippen LogP contribution is -2.53. The van der Waals surface area contributed by atoms with Gasteiger partial charge in [-0.1, -0.05) is 24.6 Å². The molecule has 0 bridgehead atoms. The van der Waals surface area contributed by atoms with Crippen molar-refractivity contribution in [3.63, 3.8) is 0 Å². The summed E-state index contributed by atoms with van der Waals surface area (Å²) >= 11 is 0. The van der Waals surface area contributed by atoms with Gasteiger partial charge in [0.15, 0.2) is 6.61 Å². The number of carboxylic acid groups (broad SMARTS) is 1. The van der Waals surface area contributed by atoms with Crippen LogP contribution in [0.15, 0.2) is 41.2 Å². The van der Waals surface area contributed by atoms with Crippen LogP contribution in [0.2, 0.25) is 0 Å². The summed E-state index contributed by atoms with van der Waals surface area (Å²) in [5, 5.41) is 38.2. The zero-order valence-corrected chi connectivity index (χ0v) is 24.8. The number of allylic oxidation sites excluding steroid dienone is 2. The van der Waals surface area contributed by atoms with Crippen LogP contribution in [-0.4, -0.2) is 56.1 Å². The van der Waals surface area contributed by atoms with Crippen molar-refractivity contribution in [2.24, 2.45) is 33.7 Å². The molecule has 9 nitrogen and oxygen atoms in total. The molecular formula is C33H43N3O6. The van der Waals surface area contributed by atoms with Gasteiger partial charge in [0.25, 0.3) is 5.91 Å². The Balaban J connectivity index is 1.07. The lowest BCUT2D eigenvalue weighted by Gasteiger charge is -2.59. The van der Waals surface area contributed by atoms with Gasteiger partial charge < -0.3 is 30.5 Å². The molecule has 1 amide bonds. The van der Waals surface area contributed by atoms with Crippen molar-refractivity contribution in [1.29, 1.82) is 0 Å². The van der Waals surface area contributed by atoms with E-state index >= 15 is 0 Å². The summed E-state index contributed by atoms with van der Waals surface area (Å²) in [6.45, 7) is 6.41. The summed E-state index contributed by atoms with van der Waals surface area (Å²) in [5.41, 5.74) is 3.28. The molecule has 4 aliphatic rings. The molecule has 1 aromatic carbocycles. The Kier molecular flexibility index (Phi) is 7.15. The highest BCUT2D eigenvalue weighted by molar-refractivity contribution is 5.96. The number of oxime groups is 1. The number of benzene rings is 1. The molecule has 3 fully saturated rings. The minimum absolute atomic E-state index is 0.0134. The molecule has 42 heavy (non-hydrogen) atoms. The average molecular weight is 578 g/mol. The number of nitrogens with one attached hydrogen (secondary N) is 2. The molecule has 2 aromatic rings. The van der Waals surface area contributed by atoms with Crippen LogP contribution in [0.4, 0.5) is 0 Å². The summed E-state index contributed by atoms with van der Waals surface area (Å²) in [6, 6.07) is 3.69. The second-order valence-corrected chi connectivity index (χ2v) is 13.8. The summed E-state index contributed by atoms with van der Waals surface area (Å²) in [5.74, 6) is 0.227. The Labute approximate surface area is 246 Å². The van der Waals surface area contributed by atoms with Crippen molar-refractivity contribution in [3.05, 3.63) is 41.6 Å². The van der Waals surface area contributed by atoms with Crippen LogP contribution in [-0.2, 0) is 20.8 Å². The first-order valence-corrected chi connectivity index (χ1v) is 15.3. The molecule has 5 N–H and O–H groups in total. The van der Waals surface area contributed by atoms with Crippen LogP contribution >= 0.6 is 0 Å². The zero-order valence-electron chi connectivity index (χ0n) is 24.8. The van der Waals surface area contributed by atoms with E-state index < -0.39 is 23.5 Å². The molecule has 6 rings (SSSR count). The molecule has 1 heterocycles. The monoisotopic (exact) mass is 577 g/mol. The highest BCUT2D eigenvalue weighted by atomic mass is 16.6. The van der Waals surface area contributed by atoms with Crippen molar-refractivity contribution in [1.82, 2.24) is 10.3 Å². The molecule has 3 saturated carbocycles. The van der Waals surface area contributed by atoms with Gasteiger partial charge in [0.05, 0.1) is 11.3 Å². The van der Waals surface area contributed by atoms with E-state index in [0.29, 0.717) is 28.7 Å². The minimum atomic E-state index is -1.15. The van der Waals surface area contributed by atoms with Crippen LogP contribution < -0.4 is 5.32 Å². The third-order valence-corrected chi connectivity index (χ3v) is 11.7. The van der Waals surface area contributed by atoms with E-state index in [2.05, 4.69) is 35.4 Å². The molecule has 0 aliphatic heterocycles. The molecule has 0 unspecified atom stereocenters. The number of aliphatic carboxylic acids is 1. The van der Waals surface area contributed by atoms with E-state index in [0.717, 1.165) is 62.6 Å². The highest BCUT2D eigenvalue weighted by Gasteiger charge is 2.62. The first kappa shape index (κ1) is 28.8. The molecule has 226 valence electrons. The highest BCUT2D eigenvalue weighted by Crippen LogP contribution is 2.67. The standard InChI is InChI=1S/C33H43N3O6/c1-31-11-8-21(15-20(31)4-6-23-25(31)9-12-32(2)26(23)10-13-33(32,3)41)36-42-18-29(38)35-28(30(39)40)14-19-17-34-27-7-5-22(37)16-24(19)27/h5,7,15-17,23,25-26,28,34,37,41H,4,6,8-14,18H2,1-3H3,(H,35,38)(H,39,40)/t23-,25-,26-,28+,31+,32+,33+/m1/s1. The van der Waals surface area contributed by atoms with Crippen LogP contribution in [0, 0.1) is 28.6 Å². The van der Waals surface area contributed by atoms with E-state index in [1.807, 2.05) is 6.92 Å². The average Bonchev–Trinajstić information content (AvgIpc) is 3.44. The van der Waals surface area contributed by atoms with Gasteiger partial charge in [-0.2, -0.15) is 0 Å². The quantitative estimate of drug-likeness (QED) is 0.291. The number of hydrogen-bond donors (Lipinski definition) is 5. The Morgan fingerprint density at radius 3 is 2.69 bits per heavy atom. The molecule has 0 radical (unpaired) electrons. The second-order valence-electron chi connectivity index (χ2n) is 13.8. The van der Waals surface area contributed by atoms with Gasteiger partial charge in [0.1, 0.15) is 11.8 Å². The number of phenols is 1. The van der Waals surface area contributed by atoms with Gasteiger partial charge in [-0.05, 0) is 117 Å². The van der Waals surface area contributed by atoms with Crippen LogP contribution in [0.3, 0.4) is 0 Å². The lowest BCUT2D eigenvalue weighted by atomic mass is 9.46. The fourth-order valence-corrected chi connectivity index (χ4v) is 9.05. The minimum Gasteiger partial charge on any atom is -0.508 e. The molecule has 9 heteroatoms. The lowest BCUT2D eigenvalue weighted by molar-refractivity contribution is -0.142. The fraction of sp³-hybridized carbons (Fsp3) is 0.606. The Morgan fingerprint density at radius 1 is 1.12 bits per heavy atom. The summed E-state index contributed by atoms with van der Waals surface area (Å²) in [7, 11) is 0. The molecule has 7 atom stereocenters. The summed E-state index contributed by atoms with van der Waals surface area (Å²) < 4.78 is 0. The number of aromatic amines is 1. The van der Waals surface area contributed by atoms with Gasteiger partial charge in [-0.15, -0.1) is 0 Å². The van der Waals surface area contributed by atoms with Gasteiger partial charge in [-0.25, -0.2) is 4.79 Å². The van der Waals surface area contributed by atoms with Crippen molar-refractivity contribution >= 4 is 28.5 Å². The SMILES string of the molecule is C[C@]12CCC(=NOCC(=O)N[C@@H](Cc3c[nH]c4ccc(O)cc34)C(=O)O)C=C1CC[C@@H]1[C@H]2CC[C@@]2(C)[C@@H]1CC[C@]2(C)O. The largest absolute Gasteiger partial charge is 0.508 e. The number of carbonyl (C=O) groups is 2. The maximum absolute atomic E-state index is 12.6. The number of carbonyl (C=O) groups excluding carboxylic acids is 1. The third kappa shape index (κ3) is 4.79. The maximum Gasteiger partial charge on any atom is 0.326 e.